The van der Waals surface area contributed by atoms with E-state index in [4.69, 9.17) is 11.6 Å². The molecule has 1 aromatic heterocycles. The predicted octanol–water partition coefficient (Wildman–Crippen LogP) is 5.27. The molecule has 0 aliphatic heterocycles. The maximum atomic E-state index is 10.3. The van der Waals surface area contributed by atoms with Crippen molar-refractivity contribution in [2.24, 2.45) is 0 Å². The van der Waals surface area contributed by atoms with Crippen LogP contribution in [0.1, 0.15) is 43.4 Å². The van der Waals surface area contributed by atoms with Gasteiger partial charge in [-0.2, -0.15) is 0 Å². The number of halogens is 1. The van der Waals surface area contributed by atoms with Crippen LogP contribution in [-0.2, 0) is 6.54 Å². The van der Waals surface area contributed by atoms with Crippen LogP contribution >= 0.6 is 11.6 Å². The highest BCUT2D eigenvalue weighted by Crippen LogP contribution is 2.22. The summed E-state index contributed by atoms with van der Waals surface area (Å²) in [4.78, 5) is 4.15. The average Bonchev–Trinajstić information content (AvgIpc) is 2.66. The Bertz CT molecular complexity index is 852. The number of hydrogen-bond acceptors (Lipinski definition) is 3. The molecule has 0 aliphatic carbocycles. The number of aliphatic hydroxyl groups excluding tert-OH is 1. The minimum Gasteiger partial charge on any atom is -0.388 e. The van der Waals surface area contributed by atoms with Gasteiger partial charge in [0.1, 0.15) is 0 Å². The second-order valence-electron chi connectivity index (χ2n) is 6.84. The first-order valence-corrected chi connectivity index (χ1v) is 9.49. The Morgan fingerprint density at radius 1 is 1.08 bits per heavy atom. The zero-order chi connectivity index (χ0) is 18.4. The Hall–Kier alpha value is -1.94. The third-order valence-electron chi connectivity index (χ3n) is 4.71. The van der Waals surface area contributed by atoms with Gasteiger partial charge in [0, 0.05) is 35.4 Å². The number of nitrogens with one attached hydrogen (secondary N) is 1. The van der Waals surface area contributed by atoms with Crippen molar-refractivity contribution < 1.29 is 5.11 Å². The molecule has 0 saturated heterocycles. The third kappa shape index (κ3) is 5.28. The Morgan fingerprint density at radius 3 is 2.81 bits per heavy atom. The lowest BCUT2D eigenvalue weighted by Gasteiger charge is -2.16. The first kappa shape index (κ1) is 18.8. The lowest BCUT2D eigenvalue weighted by molar-refractivity contribution is 0.162. The number of pyridine rings is 1. The van der Waals surface area contributed by atoms with E-state index in [0.717, 1.165) is 31.4 Å². The fourth-order valence-corrected chi connectivity index (χ4v) is 3.33. The normalized spacial score (nSPS) is 13.7. The minimum atomic E-state index is -0.449. The third-order valence-corrected chi connectivity index (χ3v) is 4.94. The van der Waals surface area contributed by atoms with Crippen molar-refractivity contribution in [3.05, 3.63) is 77.1 Å². The van der Waals surface area contributed by atoms with Crippen molar-refractivity contribution in [2.45, 2.75) is 44.9 Å². The molecule has 0 fully saturated rings. The van der Waals surface area contributed by atoms with Crippen LogP contribution < -0.4 is 5.32 Å². The van der Waals surface area contributed by atoms with Gasteiger partial charge >= 0.3 is 0 Å². The molecule has 2 N–H and O–H groups in total. The van der Waals surface area contributed by atoms with Gasteiger partial charge in [0.15, 0.2) is 0 Å². The number of hydrogen-bond donors (Lipinski definition) is 2. The molecular formula is C22H25ClN2O. The van der Waals surface area contributed by atoms with E-state index in [9.17, 15) is 5.11 Å². The Morgan fingerprint density at radius 2 is 1.96 bits per heavy atom. The second kappa shape index (κ2) is 9.13. The molecule has 0 radical (unpaired) electrons. The Labute approximate surface area is 160 Å². The highest BCUT2D eigenvalue weighted by atomic mass is 35.5. The maximum Gasteiger partial charge on any atom is 0.0790 e. The van der Waals surface area contributed by atoms with Crippen molar-refractivity contribution in [1.82, 2.24) is 10.3 Å². The molecule has 26 heavy (non-hydrogen) atoms. The molecule has 0 aliphatic rings. The zero-order valence-corrected chi connectivity index (χ0v) is 15.8. The fraction of sp³-hybridized carbons (Fsp3) is 0.318. The average molecular weight is 369 g/mol. The molecule has 0 saturated carbocycles. The molecule has 3 aromatic rings. The van der Waals surface area contributed by atoms with Crippen molar-refractivity contribution >= 4 is 22.4 Å². The fourth-order valence-electron chi connectivity index (χ4n) is 3.13. The summed E-state index contributed by atoms with van der Waals surface area (Å²) in [6, 6.07) is 16.4. The molecule has 136 valence electrons. The summed E-state index contributed by atoms with van der Waals surface area (Å²) in [7, 11) is 0. The minimum absolute atomic E-state index is 0.398. The number of aromatic nitrogens is 1. The van der Waals surface area contributed by atoms with Gasteiger partial charge in [-0.15, -0.1) is 0 Å². The lowest BCUT2D eigenvalue weighted by Crippen LogP contribution is -2.25. The Balaban J connectivity index is 1.43. The largest absolute Gasteiger partial charge is 0.388 e. The van der Waals surface area contributed by atoms with E-state index in [1.807, 2.05) is 42.7 Å². The van der Waals surface area contributed by atoms with E-state index in [2.05, 4.69) is 35.4 Å². The molecule has 0 amide bonds. The molecule has 2 atom stereocenters. The standard InChI is InChI=1S/C22H25ClN2O/c1-16(4-2-7-22(26)19-5-3-6-21(23)13-19)25-14-17-8-9-20-15-24-11-10-18(20)12-17/h3,5-6,8-13,15-16,22,25-26H,2,4,7,14H2,1H3/t16-,22?/m1/s1. The van der Waals surface area contributed by atoms with Gasteiger partial charge in [-0.25, -0.2) is 0 Å². The quantitative estimate of drug-likeness (QED) is 0.569. The van der Waals surface area contributed by atoms with Crippen LogP contribution in [0.2, 0.25) is 5.02 Å². The lowest BCUT2D eigenvalue weighted by atomic mass is 10.0. The summed E-state index contributed by atoms with van der Waals surface area (Å²) >= 11 is 5.98. The predicted molar refractivity (Wildman–Crippen MR) is 108 cm³/mol. The van der Waals surface area contributed by atoms with Crippen LogP contribution in [0.15, 0.2) is 60.9 Å². The summed E-state index contributed by atoms with van der Waals surface area (Å²) in [5.41, 5.74) is 2.17. The molecule has 1 heterocycles. The number of fused-ring (bicyclic) bond motifs is 1. The van der Waals surface area contributed by atoms with Crippen LogP contribution in [-0.4, -0.2) is 16.1 Å². The zero-order valence-electron chi connectivity index (χ0n) is 15.0. The summed E-state index contributed by atoms with van der Waals surface area (Å²) in [5, 5.41) is 16.9. The highest BCUT2D eigenvalue weighted by Gasteiger charge is 2.09. The maximum absolute atomic E-state index is 10.3. The van der Waals surface area contributed by atoms with E-state index in [1.165, 1.54) is 16.3 Å². The van der Waals surface area contributed by atoms with Crippen molar-refractivity contribution in [3.63, 3.8) is 0 Å². The van der Waals surface area contributed by atoms with Gasteiger partial charge in [-0.05, 0) is 67.0 Å². The molecule has 2 aromatic carbocycles. The van der Waals surface area contributed by atoms with Gasteiger partial charge in [0.05, 0.1) is 6.10 Å². The van der Waals surface area contributed by atoms with Crippen LogP contribution in [0.5, 0.6) is 0 Å². The van der Waals surface area contributed by atoms with Crippen molar-refractivity contribution in [3.8, 4) is 0 Å². The SMILES string of the molecule is C[C@H](CCCC(O)c1cccc(Cl)c1)NCc1ccc2cnccc2c1. The Kier molecular flexibility index (Phi) is 6.62. The monoisotopic (exact) mass is 368 g/mol. The van der Waals surface area contributed by atoms with E-state index in [1.54, 1.807) is 0 Å². The van der Waals surface area contributed by atoms with Gasteiger partial charge in [-0.3, -0.25) is 4.98 Å². The van der Waals surface area contributed by atoms with E-state index < -0.39 is 6.10 Å². The van der Waals surface area contributed by atoms with Gasteiger partial charge in [0.2, 0.25) is 0 Å². The molecule has 0 bridgehead atoms. The smallest absolute Gasteiger partial charge is 0.0790 e. The molecule has 4 heteroatoms. The number of aliphatic hydroxyl groups is 1. The molecular weight excluding hydrogens is 344 g/mol. The van der Waals surface area contributed by atoms with Crippen LogP contribution in [0.25, 0.3) is 10.8 Å². The number of rotatable bonds is 8. The first-order chi connectivity index (χ1) is 12.6. The second-order valence-corrected chi connectivity index (χ2v) is 7.28. The molecule has 3 rings (SSSR count). The topological polar surface area (TPSA) is 45.1 Å². The van der Waals surface area contributed by atoms with Crippen LogP contribution in [0, 0.1) is 0 Å². The van der Waals surface area contributed by atoms with Gasteiger partial charge in [-0.1, -0.05) is 35.9 Å². The highest BCUT2D eigenvalue weighted by molar-refractivity contribution is 6.30. The summed E-state index contributed by atoms with van der Waals surface area (Å²) < 4.78 is 0. The van der Waals surface area contributed by atoms with Crippen molar-refractivity contribution in [1.29, 1.82) is 0 Å². The van der Waals surface area contributed by atoms with E-state index >= 15 is 0 Å². The molecule has 1 unspecified atom stereocenters. The molecule has 0 spiro atoms. The summed E-state index contributed by atoms with van der Waals surface area (Å²) in [6.07, 6.45) is 6.00. The van der Waals surface area contributed by atoms with E-state index in [-0.39, 0.29) is 0 Å². The van der Waals surface area contributed by atoms with Crippen LogP contribution in [0.3, 0.4) is 0 Å². The number of benzene rings is 2. The van der Waals surface area contributed by atoms with Crippen molar-refractivity contribution in [2.75, 3.05) is 0 Å². The number of nitrogens with zero attached hydrogens (tertiary/aromatic N) is 1. The molecule has 3 nitrogen and oxygen atoms in total. The van der Waals surface area contributed by atoms with Crippen LogP contribution in [0.4, 0.5) is 0 Å². The summed E-state index contributed by atoms with van der Waals surface area (Å²) in [5.74, 6) is 0. The van der Waals surface area contributed by atoms with E-state index in [0.29, 0.717) is 11.1 Å². The first-order valence-electron chi connectivity index (χ1n) is 9.11. The van der Waals surface area contributed by atoms with Gasteiger partial charge in [0.25, 0.3) is 0 Å². The van der Waals surface area contributed by atoms with Gasteiger partial charge < -0.3 is 10.4 Å². The summed E-state index contributed by atoms with van der Waals surface area (Å²) in [6.45, 7) is 3.03.